The largest absolute Gasteiger partial charge is 0.423 e. The van der Waals surface area contributed by atoms with Gasteiger partial charge in [0.1, 0.15) is 5.58 Å². The Morgan fingerprint density at radius 3 is 2.54 bits per heavy atom. The standard InChI is InChI=1S/C16H20N2O4S.ClH/c17-16(8-2-1-3-9-16)11-18-23(20,21)13-5-6-14-12(10-13)4-7-15(19)22-14;/h4-7,10,18H,1-3,8-9,11,17H2;1H. The summed E-state index contributed by atoms with van der Waals surface area (Å²) in [5.74, 6) is 0. The van der Waals surface area contributed by atoms with E-state index in [1.807, 2.05) is 0 Å². The van der Waals surface area contributed by atoms with Crippen LogP contribution in [0.3, 0.4) is 0 Å². The van der Waals surface area contributed by atoms with E-state index in [0.29, 0.717) is 11.0 Å². The summed E-state index contributed by atoms with van der Waals surface area (Å²) in [6.07, 6.45) is 4.89. The van der Waals surface area contributed by atoms with Crippen molar-refractivity contribution in [1.29, 1.82) is 0 Å². The molecule has 6 nitrogen and oxygen atoms in total. The highest BCUT2D eigenvalue weighted by Crippen LogP contribution is 2.26. The van der Waals surface area contributed by atoms with Crippen LogP contribution in [-0.2, 0) is 10.0 Å². The fourth-order valence-corrected chi connectivity index (χ4v) is 4.15. The smallest absolute Gasteiger partial charge is 0.336 e. The molecule has 0 bridgehead atoms. The zero-order chi connectivity index (χ0) is 16.5. The quantitative estimate of drug-likeness (QED) is 0.800. The third-order valence-corrected chi connectivity index (χ3v) is 5.76. The van der Waals surface area contributed by atoms with Crippen molar-refractivity contribution in [3.63, 3.8) is 0 Å². The Kier molecular flexibility index (Phi) is 5.70. The molecule has 0 unspecified atom stereocenters. The Morgan fingerprint density at radius 1 is 1.12 bits per heavy atom. The van der Waals surface area contributed by atoms with Crippen molar-refractivity contribution < 1.29 is 12.8 Å². The highest BCUT2D eigenvalue weighted by molar-refractivity contribution is 7.89. The van der Waals surface area contributed by atoms with Crippen LogP contribution in [0.2, 0.25) is 0 Å². The van der Waals surface area contributed by atoms with Crippen molar-refractivity contribution in [2.24, 2.45) is 5.73 Å². The Bertz CT molecular complexity index is 873. The summed E-state index contributed by atoms with van der Waals surface area (Å²) in [6, 6.07) is 7.22. The summed E-state index contributed by atoms with van der Waals surface area (Å²) in [7, 11) is -3.65. The number of rotatable bonds is 4. The number of benzene rings is 1. The first-order chi connectivity index (χ1) is 10.9. The van der Waals surface area contributed by atoms with Crippen LogP contribution in [0.15, 0.2) is 44.4 Å². The number of hydrogen-bond donors (Lipinski definition) is 2. The number of nitrogens with two attached hydrogens (primary N) is 1. The molecule has 0 spiro atoms. The average Bonchev–Trinajstić information content (AvgIpc) is 2.53. The molecule has 1 aromatic carbocycles. The van der Waals surface area contributed by atoms with Gasteiger partial charge >= 0.3 is 5.63 Å². The van der Waals surface area contributed by atoms with Gasteiger partial charge in [-0.15, -0.1) is 12.4 Å². The molecule has 3 N–H and O–H groups in total. The van der Waals surface area contributed by atoms with Crippen LogP contribution in [0.1, 0.15) is 32.1 Å². The molecule has 0 aliphatic heterocycles. The van der Waals surface area contributed by atoms with Gasteiger partial charge in [0.2, 0.25) is 10.0 Å². The van der Waals surface area contributed by atoms with E-state index in [4.69, 9.17) is 10.2 Å². The predicted octanol–water partition coefficient (Wildman–Crippen LogP) is 2.15. The van der Waals surface area contributed by atoms with E-state index in [1.165, 1.54) is 24.3 Å². The molecule has 24 heavy (non-hydrogen) atoms. The summed E-state index contributed by atoms with van der Waals surface area (Å²) in [6.45, 7) is 0.233. The number of halogens is 1. The molecule has 0 radical (unpaired) electrons. The Morgan fingerprint density at radius 2 is 1.83 bits per heavy atom. The van der Waals surface area contributed by atoms with Crippen molar-refractivity contribution in [3.8, 4) is 0 Å². The number of hydrogen-bond acceptors (Lipinski definition) is 5. The highest BCUT2D eigenvalue weighted by Gasteiger charge is 2.29. The van der Waals surface area contributed by atoms with E-state index in [0.717, 1.165) is 32.1 Å². The minimum absolute atomic E-state index is 0. The third kappa shape index (κ3) is 4.16. The van der Waals surface area contributed by atoms with Gasteiger partial charge in [-0.3, -0.25) is 0 Å². The Labute approximate surface area is 146 Å². The van der Waals surface area contributed by atoms with Crippen molar-refractivity contribution in [2.75, 3.05) is 6.54 Å². The first kappa shape index (κ1) is 18.9. The first-order valence-electron chi connectivity index (χ1n) is 7.71. The minimum Gasteiger partial charge on any atom is -0.423 e. The van der Waals surface area contributed by atoms with Crippen molar-refractivity contribution in [1.82, 2.24) is 4.72 Å². The van der Waals surface area contributed by atoms with Crippen LogP contribution >= 0.6 is 12.4 Å². The second-order valence-corrected chi connectivity index (χ2v) is 7.97. The van der Waals surface area contributed by atoms with Gasteiger partial charge in [-0.05, 0) is 37.1 Å². The van der Waals surface area contributed by atoms with Crippen molar-refractivity contribution >= 4 is 33.4 Å². The maximum Gasteiger partial charge on any atom is 0.336 e. The van der Waals surface area contributed by atoms with Crippen LogP contribution in [-0.4, -0.2) is 20.5 Å². The molecule has 132 valence electrons. The van der Waals surface area contributed by atoms with Crippen LogP contribution in [0.5, 0.6) is 0 Å². The Balaban J connectivity index is 0.00000208. The normalized spacial score (nSPS) is 17.4. The third-order valence-electron chi connectivity index (χ3n) is 4.36. The lowest BCUT2D eigenvalue weighted by atomic mass is 9.83. The fourth-order valence-electron chi connectivity index (χ4n) is 2.97. The lowest BCUT2D eigenvalue weighted by Crippen LogP contribution is -2.51. The molecular weight excluding hydrogens is 352 g/mol. The summed E-state index contributed by atoms with van der Waals surface area (Å²) in [5.41, 5.74) is 5.71. The summed E-state index contributed by atoms with van der Waals surface area (Å²) < 4.78 is 32.6. The molecule has 0 saturated heterocycles. The van der Waals surface area contributed by atoms with Crippen molar-refractivity contribution in [3.05, 3.63) is 40.8 Å². The molecule has 0 atom stereocenters. The maximum absolute atomic E-state index is 12.5. The van der Waals surface area contributed by atoms with Crippen LogP contribution < -0.4 is 16.1 Å². The molecule has 1 aliphatic carbocycles. The van der Waals surface area contributed by atoms with Gasteiger partial charge in [0, 0.05) is 23.5 Å². The van der Waals surface area contributed by atoms with E-state index in [1.54, 1.807) is 6.07 Å². The maximum atomic E-state index is 12.5. The van der Waals surface area contributed by atoms with Gasteiger partial charge in [-0.25, -0.2) is 17.9 Å². The number of nitrogens with one attached hydrogen (secondary N) is 1. The fraction of sp³-hybridized carbons (Fsp3) is 0.438. The van der Waals surface area contributed by atoms with Crippen molar-refractivity contribution in [2.45, 2.75) is 42.5 Å². The first-order valence-corrected chi connectivity index (χ1v) is 9.19. The molecule has 8 heteroatoms. The van der Waals surface area contributed by atoms with Gasteiger partial charge in [0.05, 0.1) is 4.90 Å². The number of sulfonamides is 1. The SMILES string of the molecule is Cl.NC1(CNS(=O)(=O)c2ccc3oc(=O)ccc3c2)CCCCC1. The second-order valence-electron chi connectivity index (χ2n) is 6.20. The van der Waals surface area contributed by atoms with Crippen LogP contribution in [0.4, 0.5) is 0 Å². The van der Waals surface area contributed by atoms with Gasteiger partial charge in [-0.1, -0.05) is 19.3 Å². The van der Waals surface area contributed by atoms with Gasteiger partial charge in [0.15, 0.2) is 0 Å². The molecule has 1 saturated carbocycles. The number of fused-ring (bicyclic) bond motifs is 1. The topological polar surface area (TPSA) is 102 Å². The zero-order valence-corrected chi connectivity index (χ0v) is 14.8. The molecule has 1 aromatic heterocycles. The Hall–Kier alpha value is -1.41. The molecule has 1 fully saturated rings. The zero-order valence-electron chi connectivity index (χ0n) is 13.2. The summed E-state index contributed by atoms with van der Waals surface area (Å²) in [5, 5.41) is 0.563. The van der Waals surface area contributed by atoms with Gasteiger partial charge in [-0.2, -0.15) is 0 Å². The lowest BCUT2D eigenvalue weighted by Gasteiger charge is -2.33. The van der Waals surface area contributed by atoms with Gasteiger partial charge in [0.25, 0.3) is 0 Å². The second kappa shape index (κ2) is 7.23. The summed E-state index contributed by atoms with van der Waals surface area (Å²) >= 11 is 0. The van der Waals surface area contributed by atoms with E-state index < -0.39 is 21.2 Å². The monoisotopic (exact) mass is 372 g/mol. The van der Waals surface area contributed by atoms with Crippen LogP contribution in [0, 0.1) is 0 Å². The molecule has 0 amide bonds. The lowest BCUT2D eigenvalue weighted by molar-refractivity contribution is 0.296. The predicted molar refractivity (Wildman–Crippen MR) is 94.9 cm³/mol. The van der Waals surface area contributed by atoms with E-state index in [9.17, 15) is 13.2 Å². The molecule has 3 rings (SSSR count). The minimum atomic E-state index is -3.65. The molecule has 1 aliphatic rings. The van der Waals surface area contributed by atoms with Crippen LogP contribution in [0.25, 0.3) is 11.0 Å². The van der Waals surface area contributed by atoms with Gasteiger partial charge < -0.3 is 10.2 Å². The molecule has 2 aromatic rings. The average molecular weight is 373 g/mol. The molecule has 1 heterocycles. The summed E-state index contributed by atoms with van der Waals surface area (Å²) in [4.78, 5) is 11.3. The van der Waals surface area contributed by atoms with E-state index in [2.05, 4.69) is 4.72 Å². The highest BCUT2D eigenvalue weighted by atomic mass is 35.5. The van der Waals surface area contributed by atoms with E-state index >= 15 is 0 Å². The molecular formula is C16H21ClN2O4S. The van der Waals surface area contributed by atoms with E-state index in [-0.39, 0.29) is 23.8 Å².